The van der Waals surface area contributed by atoms with Gasteiger partial charge in [-0.3, -0.25) is 4.90 Å². The molecule has 6 nitrogen and oxygen atoms in total. The second-order valence-corrected chi connectivity index (χ2v) is 11.0. The number of hydrogen-bond acceptors (Lipinski definition) is 6. The number of likely N-dealkylation sites (tertiary alicyclic amines) is 1. The first-order valence-electron chi connectivity index (χ1n) is 12.6. The van der Waals surface area contributed by atoms with Crippen molar-refractivity contribution < 1.29 is 4.74 Å². The Morgan fingerprint density at radius 3 is 2.70 bits per heavy atom. The zero-order valence-corrected chi connectivity index (χ0v) is 20.5. The summed E-state index contributed by atoms with van der Waals surface area (Å²) in [4.78, 5) is 14.9. The van der Waals surface area contributed by atoms with Crippen molar-refractivity contribution in [1.29, 1.82) is 0 Å². The quantitative estimate of drug-likeness (QED) is 0.747. The van der Waals surface area contributed by atoms with Gasteiger partial charge in [0.1, 0.15) is 0 Å². The van der Waals surface area contributed by atoms with Crippen LogP contribution in [0.1, 0.15) is 55.8 Å². The fourth-order valence-electron chi connectivity index (χ4n) is 6.03. The van der Waals surface area contributed by atoms with Crippen molar-refractivity contribution in [3.8, 4) is 0 Å². The van der Waals surface area contributed by atoms with Crippen LogP contribution in [0, 0.1) is 5.92 Å². The van der Waals surface area contributed by atoms with Gasteiger partial charge in [0, 0.05) is 68.5 Å². The third-order valence-electron chi connectivity index (χ3n) is 7.82. The minimum Gasteiger partial charge on any atom is -0.381 e. The average molecular weight is 450 g/mol. The van der Waals surface area contributed by atoms with E-state index < -0.39 is 0 Å². The lowest BCUT2D eigenvalue weighted by Gasteiger charge is -2.44. The maximum Gasteiger partial charge on any atom is 0.223 e. The van der Waals surface area contributed by atoms with Crippen LogP contribution < -0.4 is 5.32 Å². The van der Waals surface area contributed by atoms with Crippen molar-refractivity contribution in [2.24, 2.45) is 5.92 Å². The predicted molar refractivity (Wildman–Crippen MR) is 133 cm³/mol. The topological polar surface area (TPSA) is 53.5 Å². The van der Waals surface area contributed by atoms with Gasteiger partial charge in [0.15, 0.2) is 0 Å². The molecule has 33 heavy (non-hydrogen) atoms. The Hall–Kier alpha value is -2.02. The van der Waals surface area contributed by atoms with E-state index in [0.29, 0.717) is 17.9 Å². The number of anilines is 1. The van der Waals surface area contributed by atoms with Crippen molar-refractivity contribution in [3.05, 3.63) is 53.3 Å². The maximum atomic E-state index is 5.50. The Bertz CT molecular complexity index is 927. The summed E-state index contributed by atoms with van der Waals surface area (Å²) in [7, 11) is 2.26. The first kappa shape index (κ1) is 22.8. The molecule has 4 heterocycles. The number of hydrogen-bond donors (Lipinski definition) is 1. The van der Waals surface area contributed by atoms with E-state index in [9.17, 15) is 0 Å². The average Bonchev–Trinajstić information content (AvgIpc) is 2.81. The van der Waals surface area contributed by atoms with Gasteiger partial charge in [0.2, 0.25) is 5.95 Å². The van der Waals surface area contributed by atoms with Crippen LogP contribution in [0.4, 0.5) is 5.95 Å². The van der Waals surface area contributed by atoms with Crippen LogP contribution in [0.25, 0.3) is 0 Å². The Morgan fingerprint density at radius 2 is 1.91 bits per heavy atom. The molecule has 0 spiro atoms. The van der Waals surface area contributed by atoms with Gasteiger partial charge in [0.05, 0.1) is 5.69 Å². The zero-order valence-electron chi connectivity index (χ0n) is 20.5. The summed E-state index contributed by atoms with van der Waals surface area (Å²) < 4.78 is 5.50. The molecule has 6 heteroatoms. The number of nitrogens with zero attached hydrogens (tertiary/aromatic N) is 4. The molecule has 1 N–H and O–H groups in total. The van der Waals surface area contributed by atoms with Crippen molar-refractivity contribution >= 4 is 5.95 Å². The van der Waals surface area contributed by atoms with E-state index in [2.05, 4.69) is 72.5 Å². The molecule has 2 aromatic rings. The van der Waals surface area contributed by atoms with Gasteiger partial charge < -0.3 is 15.0 Å². The smallest absolute Gasteiger partial charge is 0.223 e. The standard InChI is InChI=1S/C27H39N5O/c1-27(2)19-32(16-21-9-12-31(3)17-23(21)20-7-5-4-6-8-20)18-25-24(27)15-28-26(30-25)29-22-10-13-33-14-11-22/h4-8,15,21-23H,9-14,16-19H2,1-3H3,(H,28,29,30)/t21-,23-/m1/s1. The van der Waals surface area contributed by atoms with Crippen LogP contribution in [0.15, 0.2) is 36.5 Å². The first-order valence-corrected chi connectivity index (χ1v) is 12.6. The molecule has 0 aliphatic carbocycles. The summed E-state index contributed by atoms with van der Waals surface area (Å²) in [6.45, 7) is 11.8. The van der Waals surface area contributed by atoms with Gasteiger partial charge in [0.25, 0.3) is 0 Å². The summed E-state index contributed by atoms with van der Waals surface area (Å²) in [6, 6.07) is 11.5. The fourth-order valence-corrected chi connectivity index (χ4v) is 6.03. The van der Waals surface area contributed by atoms with E-state index in [1.165, 1.54) is 29.8 Å². The summed E-state index contributed by atoms with van der Waals surface area (Å²) >= 11 is 0. The Kier molecular flexibility index (Phi) is 6.68. The molecule has 2 atom stereocenters. The highest BCUT2D eigenvalue weighted by molar-refractivity contribution is 5.36. The van der Waals surface area contributed by atoms with Gasteiger partial charge >= 0.3 is 0 Å². The minimum absolute atomic E-state index is 0.0541. The number of likely N-dealkylation sites (N-methyl/N-ethyl adjacent to an activating group) is 1. The van der Waals surface area contributed by atoms with Gasteiger partial charge in [-0.15, -0.1) is 0 Å². The molecule has 3 aliphatic heterocycles. The number of piperidine rings is 1. The van der Waals surface area contributed by atoms with Crippen molar-refractivity contribution in [2.75, 3.05) is 51.8 Å². The number of benzene rings is 1. The third-order valence-corrected chi connectivity index (χ3v) is 7.82. The van der Waals surface area contributed by atoms with Crippen LogP contribution in [-0.2, 0) is 16.7 Å². The molecule has 1 aromatic heterocycles. The fraction of sp³-hybridized carbons (Fsp3) is 0.630. The predicted octanol–water partition coefficient (Wildman–Crippen LogP) is 3.90. The SMILES string of the molecule is CN1CC[C@H](CN2Cc3nc(NC4CCOCC4)ncc3C(C)(C)C2)[C@@H](c2ccccc2)C1. The lowest BCUT2D eigenvalue weighted by atomic mass is 9.78. The highest BCUT2D eigenvalue weighted by Gasteiger charge is 2.37. The Balaban J connectivity index is 1.32. The zero-order chi connectivity index (χ0) is 22.8. The van der Waals surface area contributed by atoms with Crippen LogP contribution in [0.5, 0.6) is 0 Å². The van der Waals surface area contributed by atoms with E-state index in [1.54, 1.807) is 0 Å². The molecule has 0 bridgehead atoms. The molecule has 2 saturated heterocycles. The summed E-state index contributed by atoms with van der Waals surface area (Å²) in [5, 5.41) is 3.56. The van der Waals surface area contributed by atoms with Gasteiger partial charge in [-0.25, -0.2) is 9.97 Å². The normalized spacial score (nSPS) is 26.6. The molecular formula is C27H39N5O. The molecule has 3 aliphatic rings. The second-order valence-electron chi connectivity index (χ2n) is 11.0. The number of rotatable bonds is 5. The van der Waals surface area contributed by atoms with Crippen LogP contribution >= 0.6 is 0 Å². The van der Waals surface area contributed by atoms with Gasteiger partial charge in [-0.2, -0.15) is 0 Å². The van der Waals surface area contributed by atoms with E-state index in [4.69, 9.17) is 14.7 Å². The van der Waals surface area contributed by atoms with E-state index in [0.717, 1.165) is 58.2 Å². The third kappa shape index (κ3) is 5.23. The van der Waals surface area contributed by atoms with Crippen molar-refractivity contribution in [2.45, 2.75) is 57.0 Å². The number of aromatic nitrogens is 2. The van der Waals surface area contributed by atoms with Crippen LogP contribution in [0.3, 0.4) is 0 Å². The molecule has 178 valence electrons. The molecule has 1 aromatic carbocycles. The highest BCUT2D eigenvalue weighted by Crippen LogP contribution is 2.37. The first-order chi connectivity index (χ1) is 16.0. The van der Waals surface area contributed by atoms with Crippen molar-refractivity contribution in [3.63, 3.8) is 0 Å². The molecule has 0 amide bonds. The molecule has 2 fully saturated rings. The number of fused-ring (bicyclic) bond motifs is 1. The maximum absolute atomic E-state index is 5.50. The van der Waals surface area contributed by atoms with E-state index in [1.807, 2.05) is 0 Å². The Labute approximate surface area is 198 Å². The minimum atomic E-state index is 0.0541. The summed E-state index contributed by atoms with van der Waals surface area (Å²) in [5.41, 5.74) is 4.04. The highest BCUT2D eigenvalue weighted by atomic mass is 16.5. The van der Waals surface area contributed by atoms with Gasteiger partial charge in [-0.05, 0) is 44.3 Å². The van der Waals surface area contributed by atoms with E-state index in [-0.39, 0.29) is 5.41 Å². The molecule has 0 saturated carbocycles. The van der Waals surface area contributed by atoms with Crippen LogP contribution in [0.2, 0.25) is 0 Å². The molecule has 0 radical (unpaired) electrons. The molecular weight excluding hydrogens is 410 g/mol. The number of ether oxygens (including phenoxy) is 1. The van der Waals surface area contributed by atoms with Crippen LogP contribution in [-0.4, -0.2) is 72.3 Å². The largest absolute Gasteiger partial charge is 0.381 e. The monoisotopic (exact) mass is 449 g/mol. The molecule has 0 unspecified atom stereocenters. The summed E-state index contributed by atoms with van der Waals surface area (Å²) in [6.07, 6.45) is 5.37. The molecule has 5 rings (SSSR count). The number of nitrogens with one attached hydrogen (secondary N) is 1. The Morgan fingerprint density at radius 1 is 1.12 bits per heavy atom. The summed E-state index contributed by atoms with van der Waals surface area (Å²) in [5.74, 6) is 2.04. The lowest BCUT2D eigenvalue weighted by molar-refractivity contribution is 0.0902. The van der Waals surface area contributed by atoms with Crippen molar-refractivity contribution in [1.82, 2.24) is 19.8 Å². The van der Waals surface area contributed by atoms with Gasteiger partial charge in [-0.1, -0.05) is 44.2 Å². The lowest BCUT2D eigenvalue weighted by Crippen LogP contribution is -2.47. The second kappa shape index (κ2) is 9.69. The van der Waals surface area contributed by atoms with E-state index >= 15 is 0 Å².